The standard InChI is InChI=1S/C17H18ClFN2/c18-14-5-8-17(16(19)11-14)20-12-13-3-6-15(7-4-13)21-9-1-2-10-21/h3-8,11,20H,1-2,9-10,12H2. The summed E-state index contributed by atoms with van der Waals surface area (Å²) in [5.74, 6) is -0.323. The lowest BCUT2D eigenvalue weighted by atomic mass is 10.2. The Labute approximate surface area is 129 Å². The highest BCUT2D eigenvalue weighted by molar-refractivity contribution is 6.30. The smallest absolute Gasteiger partial charge is 0.147 e. The van der Waals surface area contributed by atoms with Crippen LogP contribution < -0.4 is 10.2 Å². The molecule has 0 aromatic heterocycles. The maximum Gasteiger partial charge on any atom is 0.147 e. The Morgan fingerprint density at radius 1 is 1.05 bits per heavy atom. The highest BCUT2D eigenvalue weighted by atomic mass is 35.5. The van der Waals surface area contributed by atoms with Gasteiger partial charge in [-0.1, -0.05) is 23.7 Å². The Bertz CT molecular complexity index is 607. The van der Waals surface area contributed by atoms with Gasteiger partial charge < -0.3 is 10.2 Å². The fourth-order valence-corrected chi connectivity index (χ4v) is 2.79. The average molecular weight is 305 g/mol. The van der Waals surface area contributed by atoms with E-state index >= 15 is 0 Å². The van der Waals surface area contributed by atoms with Crippen LogP contribution in [0.15, 0.2) is 42.5 Å². The molecular formula is C17H18ClFN2. The fourth-order valence-electron chi connectivity index (χ4n) is 2.63. The number of anilines is 2. The summed E-state index contributed by atoms with van der Waals surface area (Å²) >= 11 is 5.74. The van der Waals surface area contributed by atoms with E-state index < -0.39 is 0 Å². The minimum atomic E-state index is -0.323. The zero-order chi connectivity index (χ0) is 14.7. The fraction of sp³-hybridized carbons (Fsp3) is 0.294. The Balaban J connectivity index is 1.62. The summed E-state index contributed by atoms with van der Waals surface area (Å²) in [4.78, 5) is 2.40. The average Bonchev–Trinajstić information content (AvgIpc) is 3.01. The second-order valence-electron chi connectivity index (χ2n) is 5.34. The minimum Gasteiger partial charge on any atom is -0.379 e. The first-order valence-electron chi connectivity index (χ1n) is 7.25. The molecule has 1 fully saturated rings. The first kappa shape index (κ1) is 14.2. The van der Waals surface area contributed by atoms with Gasteiger partial charge in [-0.05, 0) is 48.7 Å². The molecule has 1 heterocycles. The van der Waals surface area contributed by atoms with Crippen molar-refractivity contribution in [2.75, 3.05) is 23.3 Å². The van der Waals surface area contributed by atoms with Gasteiger partial charge in [-0.3, -0.25) is 0 Å². The molecule has 3 rings (SSSR count). The van der Waals surface area contributed by atoms with Crippen LogP contribution in [0.5, 0.6) is 0 Å². The summed E-state index contributed by atoms with van der Waals surface area (Å²) in [5, 5.41) is 3.51. The molecule has 0 bridgehead atoms. The van der Waals surface area contributed by atoms with Crippen molar-refractivity contribution in [2.24, 2.45) is 0 Å². The summed E-state index contributed by atoms with van der Waals surface area (Å²) in [7, 11) is 0. The molecule has 4 heteroatoms. The van der Waals surface area contributed by atoms with Crippen LogP contribution in [0.25, 0.3) is 0 Å². The SMILES string of the molecule is Fc1cc(Cl)ccc1NCc1ccc(N2CCCC2)cc1. The van der Waals surface area contributed by atoms with Crippen molar-refractivity contribution in [3.8, 4) is 0 Å². The number of rotatable bonds is 4. The molecule has 1 saturated heterocycles. The maximum absolute atomic E-state index is 13.7. The van der Waals surface area contributed by atoms with Gasteiger partial charge in [0, 0.05) is 30.3 Å². The van der Waals surface area contributed by atoms with E-state index in [0.29, 0.717) is 17.3 Å². The van der Waals surface area contributed by atoms with E-state index in [4.69, 9.17) is 11.6 Å². The van der Waals surface area contributed by atoms with Crippen molar-refractivity contribution in [2.45, 2.75) is 19.4 Å². The van der Waals surface area contributed by atoms with Gasteiger partial charge in [0.2, 0.25) is 0 Å². The number of hydrogen-bond acceptors (Lipinski definition) is 2. The molecule has 0 amide bonds. The van der Waals surface area contributed by atoms with E-state index in [9.17, 15) is 4.39 Å². The molecule has 21 heavy (non-hydrogen) atoms. The number of nitrogens with zero attached hydrogens (tertiary/aromatic N) is 1. The molecule has 1 N–H and O–H groups in total. The third-order valence-electron chi connectivity index (χ3n) is 3.82. The molecule has 1 aliphatic rings. The van der Waals surface area contributed by atoms with Gasteiger partial charge in [0.15, 0.2) is 0 Å². The molecular weight excluding hydrogens is 287 g/mol. The molecule has 0 unspecified atom stereocenters. The summed E-state index contributed by atoms with van der Waals surface area (Å²) in [6.45, 7) is 2.89. The molecule has 2 nitrogen and oxygen atoms in total. The van der Waals surface area contributed by atoms with E-state index in [1.807, 2.05) is 0 Å². The van der Waals surface area contributed by atoms with Gasteiger partial charge in [-0.15, -0.1) is 0 Å². The van der Waals surface area contributed by atoms with Gasteiger partial charge in [0.05, 0.1) is 5.69 Å². The molecule has 0 spiro atoms. The van der Waals surface area contributed by atoms with Crippen molar-refractivity contribution < 1.29 is 4.39 Å². The predicted octanol–water partition coefficient (Wildman–Crippen LogP) is 4.69. The third-order valence-corrected chi connectivity index (χ3v) is 4.06. The van der Waals surface area contributed by atoms with Crippen LogP contribution in [0, 0.1) is 5.82 Å². The molecule has 0 saturated carbocycles. The third kappa shape index (κ3) is 3.48. The van der Waals surface area contributed by atoms with Crippen molar-refractivity contribution in [1.29, 1.82) is 0 Å². The zero-order valence-electron chi connectivity index (χ0n) is 11.8. The second kappa shape index (κ2) is 6.35. The number of halogens is 2. The van der Waals surface area contributed by atoms with Crippen LogP contribution in [0.2, 0.25) is 5.02 Å². The Kier molecular flexibility index (Phi) is 4.30. The lowest BCUT2D eigenvalue weighted by Gasteiger charge is -2.18. The van der Waals surface area contributed by atoms with E-state index in [1.54, 1.807) is 12.1 Å². The van der Waals surface area contributed by atoms with Crippen LogP contribution in [0.3, 0.4) is 0 Å². The molecule has 0 aliphatic carbocycles. The summed E-state index contributed by atoms with van der Waals surface area (Å²) in [6.07, 6.45) is 2.55. The van der Waals surface area contributed by atoms with E-state index in [1.165, 1.54) is 24.6 Å². The van der Waals surface area contributed by atoms with Crippen molar-refractivity contribution in [3.05, 3.63) is 58.9 Å². The van der Waals surface area contributed by atoms with Gasteiger partial charge in [-0.25, -0.2) is 4.39 Å². The Morgan fingerprint density at radius 2 is 1.76 bits per heavy atom. The van der Waals surface area contributed by atoms with Crippen LogP contribution in [0.1, 0.15) is 18.4 Å². The van der Waals surface area contributed by atoms with Gasteiger partial charge in [0.25, 0.3) is 0 Å². The highest BCUT2D eigenvalue weighted by Crippen LogP contribution is 2.22. The van der Waals surface area contributed by atoms with Crippen molar-refractivity contribution >= 4 is 23.0 Å². The largest absolute Gasteiger partial charge is 0.379 e. The molecule has 0 atom stereocenters. The molecule has 0 radical (unpaired) electrons. The van der Waals surface area contributed by atoms with Crippen LogP contribution in [0.4, 0.5) is 15.8 Å². The summed E-state index contributed by atoms with van der Waals surface area (Å²) < 4.78 is 13.7. The number of benzene rings is 2. The number of nitrogens with one attached hydrogen (secondary N) is 1. The molecule has 2 aromatic rings. The first-order valence-corrected chi connectivity index (χ1v) is 7.63. The lowest BCUT2D eigenvalue weighted by Crippen LogP contribution is -2.17. The molecule has 2 aromatic carbocycles. The number of hydrogen-bond donors (Lipinski definition) is 1. The van der Waals surface area contributed by atoms with E-state index in [-0.39, 0.29) is 5.82 Å². The van der Waals surface area contributed by atoms with Crippen LogP contribution >= 0.6 is 11.6 Å². The monoisotopic (exact) mass is 304 g/mol. The maximum atomic E-state index is 13.7. The van der Waals surface area contributed by atoms with Crippen LogP contribution in [-0.2, 0) is 6.54 Å². The van der Waals surface area contributed by atoms with Gasteiger partial charge in [0.1, 0.15) is 5.82 Å². The zero-order valence-corrected chi connectivity index (χ0v) is 12.5. The molecule has 1 aliphatic heterocycles. The van der Waals surface area contributed by atoms with Gasteiger partial charge >= 0.3 is 0 Å². The summed E-state index contributed by atoms with van der Waals surface area (Å²) in [5.41, 5.74) is 2.88. The quantitative estimate of drug-likeness (QED) is 0.881. The summed E-state index contributed by atoms with van der Waals surface area (Å²) in [6, 6.07) is 13.1. The van der Waals surface area contributed by atoms with Crippen molar-refractivity contribution in [3.63, 3.8) is 0 Å². The first-order chi connectivity index (χ1) is 10.2. The van der Waals surface area contributed by atoms with E-state index in [0.717, 1.165) is 18.7 Å². The lowest BCUT2D eigenvalue weighted by molar-refractivity contribution is 0.630. The van der Waals surface area contributed by atoms with Crippen molar-refractivity contribution in [1.82, 2.24) is 0 Å². The van der Waals surface area contributed by atoms with E-state index in [2.05, 4.69) is 34.5 Å². The Hall–Kier alpha value is -1.74. The predicted molar refractivity (Wildman–Crippen MR) is 86.6 cm³/mol. The normalized spacial score (nSPS) is 14.5. The topological polar surface area (TPSA) is 15.3 Å². The second-order valence-corrected chi connectivity index (χ2v) is 5.77. The minimum absolute atomic E-state index is 0.323. The highest BCUT2D eigenvalue weighted by Gasteiger charge is 2.11. The van der Waals surface area contributed by atoms with Crippen LogP contribution in [-0.4, -0.2) is 13.1 Å². The molecule has 110 valence electrons. The van der Waals surface area contributed by atoms with Gasteiger partial charge in [-0.2, -0.15) is 0 Å². The Morgan fingerprint density at radius 3 is 2.43 bits per heavy atom.